The third kappa shape index (κ3) is 1.92. The number of nitrogens with zero attached hydrogens (tertiary/aromatic N) is 2. The maximum absolute atomic E-state index is 11.6. The highest BCUT2D eigenvalue weighted by atomic mass is 16.1. The first-order valence-electron chi connectivity index (χ1n) is 4.84. The highest BCUT2D eigenvalue weighted by Gasteiger charge is 2.08. The van der Waals surface area contributed by atoms with Crippen molar-refractivity contribution in [3.8, 4) is 6.07 Å². The predicted molar refractivity (Wildman–Crippen MR) is 59.7 cm³/mol. The van der Waals surface area contributed by atoms with Gasteiger partial charge in [0.05, 0.1) is 23.1 Å². The lowest BCUT2D eigenvalue weighted by atomic mass is 10.2. The zero-order valence-electron chi connectivity index (χ0n) is 8.47. The van der Waals surface area contributed by atoms with Gasteiger partial charge >= 0.3 is 0 Å². The van der Waals surface area contributed by atoms with Gasteiger partial charge < -0.3 is 10.7 Å². The average Bonchev–Trinajstić information content (AvgIpc) is 2.30. The summed E-state index contributed by atoms with van der Waals surface area (Å²) in [6.07, 6.45) is 0.163. The fourth-order valence-corrected chi connectivity index (χ4v) is 1.46. The molecule has 0 amide bonds. The number of aromatic amines is 1. The van der Waals surface area contributed by atoms with E-state index in [1.807, 2.05) is 18.2 Å². The van der Waals surface area contributed by atoms with E-state index in [2.05, 4.69) is 9.97 Å². The molecule has 0 aliphatic heterocycles. The summed E-state index contributed by atoms with van der Waals surface area (Å²) >= 11 is 0. The first-order chi connectivity index (χ1) is 7.70. The molecule has 5 nitrogen and oxygen atoms in total. The van der Waals surface area contributed by atoms with Crippen LogP contribution in [0.1, 0.15) is 5.69 Å². The third-order valence-electron chi connectivity index (χ3n) is 2.25. The molecule has 0 spiro atoms. The first-order valence-corrected chi connectivity index (χ1v) is 4.84. The first kappa shape index (κ1) is 10.3. The summed E-state index contributed by atoms with van der Waals surface area (Å²) in [5, 5.41) is 8.59. The molecule has 1 aromatic carbocycles. The number of nitrogens with two attached hydrogens (primary N) is 1. The van der Waals surface area contributed by atoms with Gasteiger partial charge in [0.2, 0.25) is 0 Å². The Labute approximate surface area is 91.5 Å². The number of H-pyrrole nitrogens is 1. The summed E-state index contributed by atoms with van der Waals surface area (Å²) in [4.78, 5) is 18.5. The van der Waals surface area contributed by atoms with Gasteiger partial charge in [0.15, 0.2) is 0 Å². The number of nitriles is 1. The normalized spacial score (nSPS) is 12.2. The average molecular weight is 214 g/mol. The van der Waals surface area contributed by atoms with Crippen LogP contribution < -0.4 is 11.3 Å². The summed E-state index contributed by atoms with van der Waals surface area (Å²) in [6, 6.07) is 8.40. The van der Waals surface area contributed by atoms with Gasteiger partial charge in [-0.1, -0.05) is 12.1 Å². The molecule has 1 atom stereocenters. The summed E-state index contributed by atoms with van der Waals surface area (Å²) in [5.74, 6) is 0. The number of fused-ring (bicyclic) bond motifs is 1. The van der Waals surface area contributed by atoms with Crippen molar-refractivity contribution >= 4 is 11.0 Å². The minimum atomic E-state index is -0.699. The van der Waals surface area contributed by atoms with Gasteiger partial charge in [-0.25, -0.2) is 4.98 Å². The zero-order chi connectivity index (χ0) is 11.5. The Balaban J connectivity index is 2.51. The third-order valence-corrected chi connectivity index (χ3v) is 2.25. The largest absolute Gasteiger partial charge is 0.319 e. The second kappa shape index (κ2) is 4.13. The van der Waals surface area contributed by atoms with Gasteiger partial charge in [-0.05, 0) is 12.1 Å². The van der Waals surface area contributed by atoms with E-state index in [4.69, 9.17) is 11.0 Å². The molecule has 0 saturated heterocycles. The number of rotatable bonds is 2. The monoisotopic (exact) mass is 214 g/mol. The SMILES string of the molecule is N#CC(N)Cc1nc2ccccc2[nH]c1=O. The van der Waals surface area contributed by atoms with Crippen LogP contribution in [-0.2, 0) is 6.42 Å². The predicted octanol–water partition coefficient (Wildman–Crippen LogP) is 0.316. The second-order valence-corrected chi connectivity index (χ2v) is 3.47. The smallest absolute Gasteiger partial charge is 0.270 e. The zero-order valence-corrected chi connectivity index (χ0v) is 8.47. The van der Waals surface area contributed by atoms with E-state index < -0.39 is 6.04 Å². The van der Waals surface area contributed by atoms with E-state index in [9.17, 15) is 4.79 Å². The quantitative estimate of drug-likeness (QED) is 0.752. The fraction of sp³-hybridized carbons (Fsp3) is 0.182. The lowest BCUT2D eigenvalue weighted by Gasteiger charge is -2.03. The van der Waals surface area contributed by atoms with Crippen LogP contribution in [0.4, 0.5) is 0 Å². The van der Waals surface area contributed by atoms with Crippen LogP contribution in [0.3, 0.4) is 0 Å². The fourth-order valence-electron chi connectivity index (χ4n) is 1.46. The molecular formula is C11H10N4O. The van der Waals surface area contributed by atoms with Crippen molar-refractivity contribution in [2.24, 2.45) is 5.73 Å². The lowest BCUT2D eigenvalue weighted by Crippen LogP contribution is -2.26. The molecule has 80 valence electrons. The van der Waals surface area contributed by atoms with Gasteiger partial charge in [-0.2, -0.15) is 5.26 Å². The molecule has 0 fully saturated rings. The van der Waals surface area contributed by atoms with Gasteiger partial charge in [0.1, 0.15) is 5.69 Å². The second-order valence-electron chi connectivity index (χ2n) is 3.47. The lowest BCUT2D eigenvalue weighted by molar-refractivity contribution is 0.790. The number of hydrogen-bond acceptors (Lipinski definition) is 4. The summed E-state index contributed by atoms with van der Waals surface area (Å²) in [7, 11) is 0. The van der Waals surface area contributed by atoms with E-state index in [0.29, 0.717) is 16.7 Å². The van der Waals surface area contributed by atoms with Crippen molar-refractivity contribution < 1.29 is 0 Å². The van der Waals surface area contributed by atoms with Crippen molar-refractivity contribution in [1.29, 1.82) is 5.26 Å². The Bertz CT molecular complexity index is 611. The number of nitrogens with one attached hydrogen (secondary N) is 1. The van der Waals surface area contributed by atoms with Crippen LogP contribution in [0.15, 0.2) is 29.1 Å². The van der Waals surface area contributed by atoms with Crippen LogP contribution in [0.5, 0.6) is 0 Å². The molecular weight excluding hydrogens is 204 g/mol. The van der Waals surface area contributed by atoms with E-state index >= 15 is 0 Å². The molecule has 5 heteroatoms. The van der Waals surface area contributed by atoms with Crippen LogP contribution in [0.2, 0.25) is 0 Å². The van der Waals surface area contributed by atoms with Gasteiger partial charge in [-0.3, -0.25) is 4.79 Å². The van der Waals surface area contributed by atoms with Crippen molar-refractivity contribution in [1.82, 2.24) is 9.97 Å². The maximum atomic E-state index is 11.6. The Morgan fingerprint density at radius 3 is 3.00 bits per heavy atom. The minimum Gasteiger partial charge on any atom is -0.319 e. The molecule has 1 unspecified atom stereocenters. The Morgan fingerprint density at radius 1 is 1.50 bits per heavy atom. The summed E-state index contributed by atoms with van der Waals surface area (Å²) in [5.41, 5.74) is 6.85. The highest BCUT2D eigenvalue weighted by molar-refractivity contribution is 5.73. The van der Waals surface area contributed by atoms with Crippen LogP contribution >= 0.6 is 0 Å². The maximum Gasteiger partial charge on any atom is 0.270 e. The molecule has 0 aliphatic rings. The number of benzene rings is 1. The van der Waals surface area contributed by atoms with Crippen LogP contribution in [-0.4, -0.2) is 16.0 Å². The van der Waals surface area contributed by atoms with Crippen molar-refractivity contribution in [3.63, 3.8) is 0 Å². The number of hydrogen-bond donors (Lipinski definition) is 2. The molecule has 2 rings (SSSR count). The van der Waals surface area contributed by atoms with Crippen molar-refractivity contribution in [3.05, 3.63) is 40.3 Å². The standard InChI is InChI=1S/C11H10N4O/c12-6-7(13)5-10-11(16)15-9-4-2-1-3-8(9)14-10/h1-4,7H,5,13H2,(H,15,16). The van der Waals surface area contributed by atoms with Gasteiger partial charge in [0.25, 0.3) is 5.56 Å². The van der Waals surface area contributed by atoms with Crippen LogP contribution in [0, 0.1) is 11.3 Å². The Morgan fingerprint density at radius 2 is 2.25 bits per heavy atom. The Kier molecular flexibility index (Phi) is 2.66. The molecule has 0 aliphatic carbocycles. The molecule has 3 N–H and O–H groups in total. The van der Waals surface area contributed by atoms with E-state index in [1.54, 1.807) is 12.1 Å². The number of para-hydroxylation sites is 2. The molecule has 0 radical (unpaired) electrons. The Hall–Kier alpha value is -2.19. The van der Waals surface area contributed by atoms with Crippen molar-refractivity contribution in [2.75, 3.05) is 0 Å². The molecule has 0 bridgehead atoms. The van der Waals surface area contributed by atoms with Crippen molar-refractivity contribution in [2.45, 2.75) is 12.5 Å². The molecule has 2 aromatic rings. The van der Waals surface area contributed by atoms with Crippen LogP contribution in [0.25, 0.3) is 11.0 Å². The highest BCUT2D eigenvalue weighted by Crippen LogP contribution is 2.06. The molecule has 0 saturated carbocycles. The topological polar surface area (TPSA) is 95.6 Å². The summed E-state index contributed by atoms with van der Waals surface area (Å²) in [6.45, 7) is 0. The molecule has 1 aromatic heterocycles. The summed E-state index contributed by atoms with van der Waals surface area (Å²) < 4.78 is 0. The molecule has 16 heavy (non-hydrogen) atoms. The van der Waals surface area contributed by atoms with Gasteiger partial charge in [0, 0.05) is 6.42 Å². The van der Waals surface area contributed by atoms with E-state index in [1.165, 1.54) is 0 Å². The minimum absolute atomic E-state index is 0.163. The van der Waals surface area contributed by atoms with E-state index in [-0.39, 0.29) is 12.0 Å². The van der Waals surface area contributed by atoms with E-state index in [0.717, 1.165) is 0 Å². The van der Waals surface area contributed by atoms with Gasteiger partial charge in [-0.15, -0.1) is 0 Å². The number of aromatic nitrogens is 2. The molecule has 1 heterocycles.